The third-order valence-corrected chi connectivity index (χ3v) is 11.8. The molecule has 4 atom stereocenters. The van der Waals surface area contributed by atoms with Crippen molar-refractivity contribution in [3.63, 3.8) is 0 Å². The van der Waals surface area contributed by atoms with E-state index in [9.17, 15) is 14.4 Å². The molecule has 48 heavy (non-hydrogen) atoms. The van der Waals surface area contributed by atoms with E-state index < -0.39 is 6.04 Å². The minimum absolute atomic E-state index is 0.0539. The summed E-state index contributed by atoms with van der Waals surface area (Å²) in [5.41, 5.74) is 5.03. The van der Waals surface area contributed by atoms with Crippen molar-refractivity contribution in [1.29, 1.82) is 0 Å². The average molecular weight is 676 g/mol. The molecule has 256 valence electrons. The predicted octanol–water partition coefficient (Wildman–Crippen LogP) is 4.26. The van der Waals surface area contributed by atoms with Crippen LogP contribution < -0.4 is 10.2 Å². The van der Waals surface area contributed by atoms with Crippen LogP contribution in [-0.2, 0) is 20.7 Å². The number of anilines is 1. The smallest absolute Gasteiger partial charge is 0.409 e. The van der Waals surface area contributed by atoms with Gasteiger partial charge in [0.25, 0.3) is 0 Å². The van der Waals surface area contributed by atoms with Crippen LogP contribution in [-0.4, -0.2) is 107 Å². The summed E-state index contributed by atoms with van der Waals surface area (Å²) in [5.74, 6) is 0.901. The van der Waals surface area contributed by atoms with Gasteiger partial charge in [0.2, 0.25) is 11.8 Å². The maximum atomic E-state index is 13.3. The van der Waals surface area contributed by atoms with Gasteiger partial charge in [0.15, 0.2) is 5.82 Å². The van der Waals surface area contributed by atoms with Crippen molar-refractivity contribution in [3.8, 4) is 10.4 Å². The number of aromatic nitrogens is 2. The zero-order chi connectivity index (χ0) is 33.6. The number of thiazole rings is 1. The van der Waals surface area contributed by atoms with Crippen LogP contribution in [0.2, 0.25) is 0 Å². The van der Waals surface area contributed by atoms with Gasteiger partial charge in [-0.1, -0.05) is 29.4 Å². The zero-order valence-corrected chi connectivity index (χ0v) is 29.0. The topological polar surface area (TPSA) is 124 Å². The van der Waals surface area contributed by atoms with Crippen LogP contribution in [0.4, 0.5) is 10.6 Å². The van der Waals surface area contributed by atoms with Crippen molar-refractivity contribution >= 4 is 35.1 Å². The van der Waals surface area contributed by atoms with Crippen molar-refractivity contribution in [3.05, 3.63) is 52.9 Å². The molecule has 13 heteroatoms. The first-order valence-corrected chi connectivity index (χ1v) is 17.9. The maximum Gasteiger partial charge on any atom is 0.409 e. The van der Waals surface area contributed by atoms with Crippen LogP contribution in [0.3, 0.4) is 0 Å². The third kappa shape index (κ3) is 6.41. The van der Waals surface area contributed by atoms with E-state index in [0.717, 1.165) is 54.0 Å². The van der Waals surface area contributed by atoms with Gasteiger partial charge in [-0.2, -0.15) is 0 Å². The monoisotopic (exact) mass is 675 g/mol. The van der Waals surface area contributed by atoms with Gasteiger partial charge in [0, 0.05) is 56.3 Å². The Morgan fingerprint density at radius 1 is 1.12 bits per heavy atom. The summed E-state index contributed by atoms with van der Waals surface area (Å²) in [7, 11) is 2.10. The maximum absolute atomic E-state index is 13.3. The van der Waals surface area contributed by atoms with Gasteiger partial charge >= 0.3 is 6.09 Å². The Labute approximate surface area is 285 Å². The summed E-state index contributed by atoms with van der Waals surface area (Å²) >= 11 is 1.61. The highest BCUT2D eigenvalue weighted by Gasteiger charge is 2.54. The number of nitrogens with zero attached hydrogens (tertiary/aromatic N) is 6. The summed E-state index contributed by atoms with van der Waals surface area (Å²) in [5, 5.41) is 7.34. The van der Waals surface area contributed by atoms with Crippen molar-refractivity contribution in [2.75, 3.05) is 51.3 Å². The van der Waals surface area contributed by atoms with Gasteiger partial charge in [-0.15, -0.1) is 11.3 Å². The highest BCUT2D eigenvalue weighted by molar-refractivity contribution is 7.13. The average Bonchev–Trinajstić information content (AvgIpc) is 3.84. The van der Waals surface area contributed by atoms with Crippen LogP contribution >= 0.6 is 11.3 Å². The molecule has 4 aliphatic heterocycles. The number of likely N-dealkylation sites (tertiary alicyclic amines) is 3. The predicted molar refractivity (Wildman–Crippen MR) is 182 cm³/mol. The van der Waals surface area contributed by atoms with E-state index in [1.54, 1.807) is 21.1 Å². The minimum atomic E-state index is -0.507. The quantitative estimate of drug-likeness (QED) is 0.354. The molecular formula is C35H45N7O5S. The van der Waals surface area contributed by atoms with E-state index in [2.05, 4.69) is 51.4 Å². The Morgan fingerprint density at radius 3 is 2.58 bits per heavy atom. The standard InChI is InChI=1S/C35H45N7O5S/c1-22-7-12-27(39(22)4)16-46-34(45)41-19-35(20-41)17-40(18-35)30-14-28(47-38-30)15-31(43)42-13-5-6-29(42)33(44)37-23(2)25-8-10-26(11-9-25)32-24(3)36-21-48-32/h8-11,14,21-23,27,29H,5-7,12-13,15-20H2,1-4H3,(H,37,44)/t22-,23?,27?,29?/m1/s1. The Hall–Kier alpha value is -3.97. The molecule has 3 amide bonds. The third-order valence-electron chi connectivity index (χ3n) is 10.8. The number of benzene rings is 1. The Balaban J connectivity index is 0.858. The first-order valence-electron chi connectivity index (χ1n) is 17.0. The normalized spacial score (nSPS) is 24.0. The van der Waals surface area contributed by atoms with Gasteiger partial charge < -0.3 is 29.3 Å². The summed E-state index contributed by atoms with van der Waals surface area (Å²) in [4.78, 5) is 52.6. The van der Waals surface area contributed by atoms with Crippen LogP contribution in [0.25, 0.3) is 10.4 Å². The van der Waals surface area contributed by atoms with Gasteiger partial charge in [0.05, 0.1) is 28.5 Å². The van der Waals surface area contributed by atoms with Crippen molar-refractivity contribution in [1.82, 2.24) is 30.2 Å². The number of hydrogen-bond acceptors (Lipinski definition) is 10. The van der Waals surface area contributed by atoms with E-state index in [1.165, 1.54) is 0 Å². The molecule has 6 heterocycles. The van der Waals surface area contributed by atoms with Gasteiger partial charge in [-0.25, -0.2) is 9.78 Å². The van der Waals surface area contributed by atoms with Crippen LogP contribution in [0.1, 0.15) is 62.6 Å². The number of rotatable bonds is 9. The van der Waals surface area contributed by atoms with Gasteiger partial charge in [-0.3, -0.25) is 14.5 Å². The number of likely N-dealkylation sites (N-methyl/N-ethyl adjacent to an activating group) is 1. The fourth-order valence-corrected chi connectivity index (χ4v) is 8.51. The van der Waals surface area contributed by atoms with E-state index in [-0.39, 0.29) is 35.8 Å². The number of aryl methyl sites for hydroxylation is 1. The fourth-order valence-electron chi connectivity index (χ4n) is 7.70. The Kier molecular flexibility index (Phi) is 8.92. The second-order valence-electron chi connectivity index (χ2n) is 14.2. The number of nitrogens with one attached hydrogen (secondary N) is 1. The number of carbonyl (C=O) groups is 3. The van der Waals surface area contributed by atoms with Gasteiger partial charge in [-0.05, 0) is 64.6 Å². The lowest BCUT2D eigenvalue weighted by atomic mass is 9.73. The minimum Gasteiger partial charge on any atom is -0.448 e. The summed E-state index contributed by atoms with van der Waals surface area (Å²) in [6.45, 7) is 10.1. The first-order chi connectivity index (χ1) is 23.1. The lowest BCUT2D eigenvalue weighted by Crippen LogP contribution is -2.73. The molecule has 0 aliphatic carbocycles. The number of carbonyl (C=O) groups excluding carboxylic acids is 3. The van der Waals surface area contributed by atoms with E-state index in [0.29, 0.717) is 56.3 Å². The number of amides is 3. The summed E-state index contributed by atoms with van der Waals surface area (Å²) < 4.78 is 11.2. The van der Waals surface area contributed by atoms with Crippen LogP contribution in [0.15, 0.2) is 40.4 Å². The first kappa shape index (κ1) is 32.6. The molecule has 1 N–H and O–H groups in total. The molecule has 4 aliphatic rings. The van der Waals surface area contributed by atoms with Gasteiger partial charge in [0.1, 0.15) is 18.4 Å². The molecule has 0 radical (unpaired) electrons. The highest BCUT2D eigenvalue weighted by atomic mass is 32.1. The molecule has 4 fully saturated rings. The molecule has 3 aromatic rings. The van der Waals surface area contributed by atoms with E-state index >= 15 is 0 Å². The lowest BCUT2D eigenvalue weighted by Gasteiger charge is -2.59. The molecule has 2 aromatic heterocycles. The molecule has 4 saturated heterocycles. The highest BCUT2D eigenvalue weighted by Crippen LogP contribution is 2.42. The molecule has 7 rings (SSSR count). The second-order valence-corrected chi connectivity index (χ2v) is 15.1. The SMILES string of the molecule is Cc1ncsc1-c1ccc(C(C)NC(=O)C2CCCN2C(=O)Cc2cc(N3CC4(CN(C(=O)OCC5CC[C@@H](C)N5C)C4)C3)no2)cc1. The Bertz CT molecular complexity index is 1640. The second kappa shape index (κ2) is 13.1. The molecule has 0 saturated carbocycles. The zero-order valence-electron chi connectivity index (χ0n) is 28.2. The van der Waals surface area contributed by atoms with E-state index in [4.69, 9.17) is 9.26 Å². The molecule has 1 spiro atoms. The Morgan fingerprint density at radius 2 is 1.90 bits per heavy atom. The number of ether oxygens (including phenoxy) is 1. The fraction of sp³-hybridized carbons (Fsp3) is 0.571. The molecule has 3 unspecified atom stereocenters. The van der Waals surface area contributed by atoms with E-state index in [1.807, 2.05) is 37.6 Å². The van der Waals surface area contributed by atoms with Crippen LogP contribution in [0.5, 0.6) is 0 Å². The van der Waals surface area contributed by atoms with Crippen molar-refractivity contribution in [2.45, 2.75) is 77.0 Å². The summed E-state index contributed by atoms with van der Waals surface area (Å²) in [6.07, 6.45) is 3.44. The molecular weight excluding hydrogens is 630 g/mol. The van der Waals surface area contributed by atoms with Crippen molar-refractivity contribution < 1.29 is 23.6 Å². The summed E-state index contributed by atoms with van der Waals surface area (Å²) in [6, 6.07) is 10.1. The van der Waals surface area contributed by atoms with Crippen LogP contribution in [0, 0.1) is 12.3 Å². The molecule has 0 bridgehead atoms. The molecule has 1 aromatic carbocycles. The largest absolute Gasteiger partial charge is 0.448 e. The molecule has 12 nitrogen and oxygen atoms in total. The lowest BCUT2D eigenvalue weighted by molar-refractivity contribution is -0.138. The number of hydrogen-bond donors (Lipinski definition) is 1. The van der Waals surface area contributed by atoms with Crippen molar-refractivity contribution in [2.24, 2.45) is 5.41 Å².